The normalized spacial score (nSPS) is 18.8. The van der Waals surface area contributed by atoms with Crippen molar-refractivity contribution in [3.05, 3.63) is 35.9 Å². The summed E-state index contributed by atoms with van der Waals surface area (Å²) < 4.78 is 0. The van der Waals surface area contributed by atoms with Gasteiger partial charge in [-0.25, -0.2) is 4.99 Å². The summed E-state index contributed by atoms with van der Waals surface area (Å²) in [5, 5.41) is 0. The van der Waals surface area contributed by atoms with Gasteiger partial charge in [-0.3, -0.25) is 9.59 Å². The number of ketones is 1. The first-order chi connectivity index (χ1) is 7.77. The largest absolute Gasteiger partial charge is 0.293 e. The lowest BCUT2D eigenvalue weighted by Gasteiger charge is -2.10. The topological polar surface area (TPSA) is 46.5 Å². The van der Waals surface area contributed by atoms with Gasteiger partial charge < -0.3 is 0 Å². The highest BCUT2D eigenvalue weighted by atomic mass is 16.2. The Morgan fingerprint density at radius 1 is 1.06 bits per heavy atom. The summed E-state index contributed by atoms with van der Waals surface area (Å²) >= 11 is 0. The molecule has 82 valence electrons. The van der Waals surface area contributed by atoms with Crippen molar-refractivity contribution in [2.45, 2.75) is 25.7 Å². The molecule has 1 saturated carbocycles. The van der Waals surface area contributed by atoms with E-state index in [0.29, 0.717) is 24.1 Å². The number of carbonyl (C=O) groups is 2. The average Bonchev–Trinajstić information content (AvgIpc) is 2.33. The summed E-state index contributed by atoms with van der Waals surface area (Å²) in [5.74, 6) is -0.290. The van der Waals surface area contributed by atoms with E-state index in [1.165, 1.54) is 0 Å². The number of rotatable bonds is 1. The lowest BCUT2D eigenvalue weighted by molar-refractivity contribution is -0.113. The van der Waals surface area contributed by atoms with E-state index in [4.69, 9.17) is 0 Å². The summed E-state index contributed by atoms with van der Waals surface area (Å²) in [6.45, 7) is 0. The van der Waals surface area contributed by atoms with Crippen LogP contribution in [0.5, 0.6) is 0 Å². The van der Waals surface area contributed by atoms with Gasteiger partial charge in [0.2, 0.25) is 0 Å². The number of carbonyl (C=O) groups excluding carboxylic acids is 2. The highest BCUT2D eigenvalue weighted by Gasteiger charge is 2.17. The molecular weight excluding hydrogens is 202 g/mol. The van der Waals surface area contributed by atoms with Crippen molar-refractivity contribution in [2.24, 2.45) is 4.99 Å². The molecule has 1 aliphatic carbocycles. The van der Waals surface area contributed by atoms with E-state index in [2.05, 4.69) is 4.99 Å². The molecule has 0 bridgehead atoms. The molecule has 3 heteroatoms. The number of hydrogen-bond donors (Lipinski definition) is 0. The summed E-state index contributed by atoms with van der Waals surface area (Å²) in [5.41, 5.74) is 0.980. The molecule has 1 aliphatic rings. The monoisotopic (exact) mass is 215 g/mol. The number of aliphatic imine (C=N–C) groups is 1. The Morgan fingerprint density at radius 3 is 2.44 bits per heavy atom. The minimum absolute atomic E-state index is 0.0236. The van der Waals surface area contributed by atoms with Crippen LogP contribution in [0.3, 0.4) is 0 Å². The first-order valence-corrected chi connectivity index (χ1v) is 5.47. The average molecular weight is 215 g/mol. The molecule has 16 heavy (non-hydrogen) atoms. The number of nitrogens with zero attached hydrogens (tertiary/aromatic N) is 1. The molecule has 0 saturated heterocycles. The zero-order valence-electron chi connectivity index (χ0n) is 8.98. The lowest BCUT2D eigenvalue weighted by Crippen LogP contribution is -2.20. The Balaban J connectivity index is 2.17. The standard InChI is InChI=1S/C13H13NO2/c15-12-9-5-4-8-11(12)14-13(16)10-6-2-1-3-7-10/h1-3,6-7H,4-5,8-9H2. The Bertz CT molecular complexity index is 435. The fraction of sp³-hybridized carbons (Fsp3) is 0.308. The van der Waals surface area contributed by atoms with Gasteiger partial charge in [0.05, 0.1) is 5.71 Å². The predicted octanol–water partition coefficient (Wildman–Crippen LogP) is 2.41. The molecule has 0 radical (unpaired) electrons. The minimum atomic E-state index is -0.314. The molecular formula is C13H13NO2. The van der Waals surface area contributed by atoms with E-state index in [0.717, 1.165) is 12.8 Å². The van der Waals surface area contributed by atoms with Gasteiger partial charge in [-0.05, 0) is 31.4 Å². The van der Waals surface area contributed by atoms with Crippen LogP contribution in [0.15, 0.2) is 35.3 Å². The molecule has 2 rings (SSSR count). The van der Waals surface area contributed by atoms with Crippen molar-refractivity contribution in [1.29, 1.82) is 0 Å². The highest BCUT2D eigenvalue weighted by molar-refractivity contribution is 6.42. The van der Waals surface area contributed by atoms with Gasteiger partial charge in [0.25, 0.3) is 5.91 Å². The second-order valence-electron chi connectivity index (χ2n) is 3.86. The first-order valence-electron chi connectivity index (χ1n) is 5.47. The van der Waals surface area contributed by atoms with E-state index in [1.807, 2.05) is 6.07 Å². The molecule has 0 heterocycles. The number of hydrogen-bond acceptors (Lipinski definition) is 2. The molecule has 0 aliphatic heterocycles. The van der Waals surface area contributed by atoms with Crippen molar-refractivity contribution in [1.82, 2.24) is 0 Å². The predicted molar refractivity (Wildman–Crippen MR) is 61.7 cm³/mol. The molecule has 3 nitrogen and oxygen atoms in total. The molecule has 1 fully saturated rings. The maximum atomic E-state index is 11.7. The smallest absolute Gasteiger partial charge is 0.277 e. The third-order valence-electron chi connectivity index (χ3n) is 2.65. The van der Waals surface area contributed by atoms with Gasteiger partial charge in [-0.2, -0.15) is 0 Å². The van der Waals surface area contributed by atoms with E-state index < -0.39 is 0 Å². The summed E-state index contributed by atoms with van der Waals surface area (Å²) in [7, 11) is 0. The van der Waals surface area contributed by atoms with E-state index in [9.17, 15) is 9.59 Å². The molecule has 0 aromatic heterocycles. The third kappa shape index (κ3) is 2.42. The van der Waals surface area contributed by atoms with Crippen LogP contribution in [0, 0.1) is 0 Å². The Labute approximate surface area is 94.2 Å². The number of amides is 1. The van der Waals surface area contributed by atoms with Gasteiger partial charge in [0.15, 0.2) is 5.78 Å². The van der Waals surface area contributed by atoms with Crippen LogP contribution in [0.4, 0.5) is 0 Å². The zero-order valence-corrected chi connectivity index (χ0v) is 8.98. The van der Waals surface area contributed by atoms with Crippen molar-refractivity contribution < 1.29 is 9.59 Å². The van der Waals surface area contributed by atoms with Crippen molar-refractivity contribution in [3.8, 4) is 0 Å². The van der Waals surface area contributed by atoms with Crippen LogP contribution >= 0.6 is 0 Å². The van der Waals surface area contributed by atoms with Crippen molar-refractivity contribution in [2.75, 3.05) is 0 Å². The van der Waals surface area contributed by atoms with E-state index >= 15 is 0 Å². The van der Waals surface area contributed by atoms with Gasteiger partial charge in [-0.1, -0.05) is 18.2 Å². The Kier molecular flexibility index (Phi) is 3.25. The van der Waals surface area contributed by atoms with Crippen LogP contribution in [0.2, 0.25) is 0 Å². The van der Waals surface area contributed by atoms with Crippen LogP contribution in [0.1, 0.15) is 36.0 Å². The van der Waals surface area contributed by atoms with Crippen LogP contribution in [0.25, 0.3) is 0 Å². The summed E-state index contributed by atoms with van der Waals surface area (Å²) in [4.78, 5) is 27.1. The summed E-state index contributed by atoms with van der Waals surface area (Å²) in [6, 6.07) is 8.83. The number of Topliss-reactive ketones (excluding diaryl/α,β-unsaturated/α-hetero) is 1. The van der Waals surface area contributed by atoms with Gasteiger partial charge in [0, 0.05) is 12.0 Å². The second kappa shape index (κ2) is 4.84. The second-order valence-corrected chi connectivity index (χ2v) is 3.86. The maximum Gasteiger partial charge on any atom is 0.277 e. The lowest BCUT2D eigenvalue weighted by atomic mass is 9.97. The van der Waals surface area contributed by atoms with Crippen molar-refractivity contribution in [3.63, 3.8) is 0 Å². The van der Waals surface area contributed by atoms with Crippen LogP contribution in [-0.2, 0) is 4.79 Å². The minimum Gasteiger partial charge on any atom is -0.293 e. The van der Waals surface area contributed by atoms with E-state index in [1.54, 1.807) is 24.3 Å². The molecule has 1 aromatic rings. The fourth-order valence-electron chi connectivity index (χ4n) is 1.75. The number of benzene rings is 1. The Hall–Kier alpha value is -1.77. The highest BCUT2D eigenvalue weighted by Crippen LogP contribution is 2.13. The quantitative estimate of drug-likeness (QED) is 0.722. The first kappa shape index (κ1) is 10.7. The Morgan fingerprint density at radius 2 is 1.75 bits per heavy atom. The van der Waals surface area contributed by atoms with Gasteiger partial charge >= 0.3 is 0 Å². The SMILES string of the molecule is O=C1CCCCC1=NC(=O)c1ccccc1. The van der Waals surface area contributed by atoms with Gasteiger partial charge in [-0.15, -0.1) is 0 Å². The molecule has 1 amide bonds. The van der Waals surface area contributed by atoms with Crippen LogP contribution < -0.4 is 0 Å². The molecule has 0 N–H and O–H groups in total. The maximum absolute atomic E-state index is 11.7. The molecule has 1 aromatic carbocycles. The van der Waals surface area contributed by atoms with Crippen molar-refractivity contribution >= 4 is 17.4 Å². The third-order valence-corrected chi connectivity index (χ3v) is 2.65. The zero-order chi connectivity index (χ0) is 11.4. The van der Waals surface area contributed by atoms with Crippen LogP contribution in [-0.4, -0.2) is 17.4 Å². The molecule has 0 unspecified atom stereocenters. The molecule has 0 spiro atoms. The summed E-state index contributed by atoms with van der Waals surface area (Å²) in [6.07, 6.45) is 3.03. The molecule has 0 atom stereocenters. The van der Waals surface area contributed by atoms with E-state index in [-0.39, 0.29) is 11.7 Å². The van der Waals surface area contributed by atoms with Gasteiger partial charge in [0.1, 0.15) is 0 Å². The fourth-order valence-corrected chi connectivity index (χ4v) is 1.75.